The van der Waals surface area contributed by atoms with Crippen molar-refractivity contribution in [3.8, 4) is 18.1 Å². The van der Waals surface area contributed by atoms with Crippen molar-refractivity contribution >= 4 is 0 Å². The minimum atomic E-state index is -1.02. The minimum absolute atomic E-state index is 0.111. The van der Waals surface area contributed by atoms with E-state index < -0.39 is 12.4 Å². The topological polar surface area (TPSA) is 57.2 Å². The summed E-state index contributed by atoms with van der Waals surface area (Å²) in [5, 5.41) is 9.81. The fourth-order valence-electron chi connectivity index (χ4n) is 2.27. The van der Waals surface area contributed by atoms with E-state index in [-0.39, 0.29) is 18.8 Å². The molecule has 0 saturated carbocycles. The van der Waals surface area contributed by atoms with E-state index in [4.69, 9.17) is 25.4 Å². The van der Waals surface area contributed by atoms with Gasteiger partial charge in [-0.05, 0) is 24.6 Å². The van der Waals surface area contributed by atoms with Crippen molar-refractivity contribution < 1.29 is 24.1 Å². The second kappa shape index (κ2) is 7.43. The summed E-state index contributed by atoms with van der Waals surface area (Å²) in [5.74, 6) is 3.17. The first-order chi connectivity index (χ1) is 10.2. The minimum Gasteiger partial charge on any atom is -0.497 e. The summed E-state index contributed by atoms with van der Waals surface area (Å²) in [6.07, 6.45) is 2.95. The molecule has 21 heavy (non-hydrogen) atoms. The van der Waals surface area contributed by atoms with Gasteiger partial charge >= 0.3 is 0 Å². The average molecular weight is 292 g/mol. The van der Waals surface area contributed by atoms with Gasteiger partial charge in [-0.1, -0.05) is 18.1 Å². The van der Waals surface area contributed by atoms with Crippen LogP contribution in [0.4, 0.5) is 0 Å². The number of aliphatic hydroxyl groups is 1. The summed E-state index contributed by atoms with van der Waals surface area (Å²) >= 11 is 0. The van der Waals surface area contributed by atoms with Crippen molar-refractivity contribution in [1.29, 1.82) is 0 Å². The molecule has 1 N–H and O–H groups in total. The van der Waals surface area contributed by atoms with Crippen molar-refractivity contribution in [2.45, 2.75) is 38.1 Å². The quantitative estimate of drug-likeness (QED) is 0.802. The van der Waals surface area contributed by atoms with Crippen LogP contribution in [0, 0.1) is 12.3 Å². The van der Waals surface area contributed by atoms with E-state index in [1.165, 1.54) is 0 Å². The summed E-state index contributed by atoms with van der Waals surface area (Å²) in [4.78, 5) is 0. The molecule has 0 amide bonds. The van der Waals surface area contributed by atoms with Crippen LogP contribution in [-0.4, -0.2) is 43.4 Å². The summed E-state index contributed by atoms with van der Waals surface area (Å²) in [7, 11) is 1.62. The molecule has 5 nitrogen and oxygen atoms in total. The lowest BCUT2D eigenvalue weighted by molar-refractivity contribution is -0.139. The Labute approximate surface area is 124 Å². The molecular weight excluding hydrogens is 272 g/mol. The number of rotatable bonds is 6. The van der Waals surface area contributed by atoms with E-state index in [0.29, 0.717) is 6.61 Å². The number of aliphatic hydroxyl groups excluding tert-OH is 1. The maximum Gasteiger partial charge on any atom is 0.184 e. The first-order valence-electron chi connectivity index (χ1n) is 6.79. The molecule has 0 unspecified atom stereocenters. The Morgan fingerprint density at radius 2 is 1.95 bits per heavy atom. The third kappa shape index (κ3) is 3.96. The van der Waals surface area contributed by atoms with E-state index in [2.05, 4.69) is 5.92 Å². The van der Waals surface area contributed by atoms with Gasteiger partial charge in [0.25, 0.3) is 0 Å². The Balaban J connectivity index is 1.94. The highest BCUT2D eigenvalue weighted by Crippen LogP contribution is 2.26. The second-order valence-electron chi connectivity index (χ2n) is 4.84. The van der Waals surface area contributed by atoms with Crippen LogP contribution in [-0.2, 0) is 20.8 Å². The van der Waals surface area contributed by atoms with Crippen molar-refractivity contribution in [2.75, 3.05) is 13.7 Å². The fraction of sp³-hybridized carbons (Fsp3) is 0.500. The van der Waals surface area contributed by atoms with Crippen LogP contribution in [0.2, 0.25) is 0 Å². The number of ether oxygens (including phenoxy) is 4. The Bertz CT molecular complexity index is 478. The summed E-state index contributed by atoms with van der Waals surface area (Å²) in [5.41, 5.74) is 1.00. The fourth-order valence-corrected chi connectivity index (χ4v) is 2.27. The van der Waals surface area contributed by atoms with Crippen molar-refractivity contribution in [3.63, 3.8) is 0 Å². The normalized spacial score (nSPS) is 28.3. The third-order valence-electron chi connectivity index (χ3n) is 3.38. The van der Waals surface area contributed by atoms with Crippen molar-refractivity contribution in [2.24, 2.45) is 0 Å². The Morgan fingerprint density at radius 1 is 1.24 bits per heavy atom. The van der Waals surface area contributed by atoms with Crippen molar-refractivity contribution in [1.82, 2.24) is 0 Å². The molecule has 1 aromatic carbocycles. The molecule has 114 valence electrons. The van der Waals surface area contributed by atoms with Crippen LogP contribution in [0.15, 0.2) is 24.3 Å². The molecule has 5 heteroatoms. The van der Waals surface area contributed by atoms with Gasteiger partial charge < -0.3 is 24.1 Å². The summed E-state index contributed by atoms with van der Waals surface area (Å²) < 4.78 is 21.7. The molecule has 2 rings (SSSR count). The van der Waals surface area contributed by atoms with Crippen LogP contribution in [0.25, 0.3) is 0 Å². The third-order valence-corrected chi connectivity index (χ3v) is 3.38. The van der Waals surface area contributed by atoms with Crippen LogP contribution in [0.1, 0.15) is 12.5 Å². The first-order valence-corrected chi connectivity index (χ1v) is 6.79. The molecule has 1 heterocycles. The molecule has 0 spiro atoms. The largest absolute Gasteiger partial charge is 0.497 e. The number of methoxy groups -OCH3 is 1. The lowest BCUT2D eigenvalue weighted by atomic mass is 10.1. The second-order valence-corrected chi connectivity index (χ2v) is 4.84. The van der Waals surface area contributed by atoms with E-state index >= 15 is 0 Å². The number of hydrogen-bond acceptors (Lipinski definition) is 5. The van der Waals surface area contributed by atoms with Gasteiger partial charge in [0.15, 0.2) is 6.29 Å². The van der Waals surface area contributed by atoms with Crippen LogP contribution < -0.4 is 4.74 Å². The molecule has 0 aromatic heterocycles. The molecule has 1 aliphatic rings. The van der Waals surface area contributed by atoms with E-state index in [9.17, 15) is 5.11 Å². The summed E-state index contributed by atoms with van der Waals surface area (Å²) in [6.45, 7) is 2.34. The van der Waals surface area contributed by atoms with E-state index in [0.717, 1.165) is 11.3 Å². The number of terminal acetylenes is 1. The van der Waals surface area contributed by atoms with E-state index in [1.54, 1.807) is 7.11 Å². The Morgan fingerprint density at radius 3 is 2.57 bits per heavy atom. The monoisotopic (exact) mass is 292 g/mol. The lowest BCUT2D eigenvalue weighted by Gasteiger charge is -2.21. The van der Waals surface area contributed by atoms with Gasteiger partial charge in [-0.2, -0.15) is 0 Å². The van der Waals surface area contributed by atoms with Crippen molar-refractivity contribution in [3.05, 3.63) is 29.8 Å². The maximum absolute atomic E-state index is 9.81. The number of hydrogen-bond donors (Lipinski definition) is 1. The van der Waals surface area contributed by atoms with Gasteiger partial charge in [-0.3, -0.25) is 0 Å². The molecule has 1 fully saturated rings. The van der Waals surface area contributed by atoms with Crippen LogP contribution >= 0.6 is 0 Å². The van der Waals surface area contributed by atoms with Gasteiger partial charge in [-0.25, -0.2) is 0 Å². The van der Waals surface area contributed by atoms with Gasteiger partial charge in [0, 0.05) is 0 Å². The highest BCUT2D eigenvalue weighted by molar-refractivity contribution is 5.26. The standard InChI is InChI=1S/C16H20O5/c1-4-9-19-15-14(11(2)21-16(15)17)20-10-12-5-7-13(18-3)8-6-12/h1,5-8,11,14-17H,9-10H2,2-3H3/t11-,14-,15+,16-/m0/s1. The Hall–Kier alpha value is -1.58. The lowest BCUT2D eigenvalue weighted by Crippen LogP contribution is -2.37. The average Bonchev–Trinajstić information content (AvgIpc) is 2.77. The maximum atomic E-state index is 9.81. The van der Waals surface area contributed by atoms with Gasteiger partial charge in [-0.15, -0.1) is 6.42 Å². The molecule has 0 radical (unpaired) electrons. The van der Waals surface area contributed by atoms with Gasteiger partial charge in [0.2, 0.25) is 0 Å². The smallest absolute Gasteiger partial charge is 0.184 e. The molecule has 0 bridgehead atoms. The summed E-state index contributed by atoms with van der Waals surface area (Å²) in [6, 6.07) is 7.59. The molecular formula is C16H20O5. The molecule has 1 aliphatic heterocycles. The molecule has 1 saturated heterocycles. The number of benzene rings is 1. The van der Waals surface area contributed by atoms with Gasteiger partial charge in [0.1, 0.15) is 24.6 Å². The molecule has 1 aromatic rings. The van der Waals surface area contributed by atoms with Crippen LogP contribution in [0.3, 0.4) is 0 Å². The predicted molar refractivity (Wildman–Crippen MR) is 76.7 cm³/mol. The molecule has 0 aliphatic carbocycles. The predicted octanol–water partition coefficient (Wildman–Crippen LogP) is 1.34. The highest BCUT2D eigenvalue weighted by Gasteiger charge is 2.43. The SMILES string of the molecule is C#CCO[C@@H]1[C@@H](OCc2ccc(OC)cc2)[C@H](C)O[C@@H]1O. The van der Waals surface area contributed by atoms with Crippen LogP contribution in [0.5, 0.6) is 5.75 Å². The zero-order valence-corrected chi connectivity index (χ0v) is 12.2. The Kier molecular flexibility index (Phi) is 5.59. The molecule has 4 atom stereocenters. The first kappa shape index (κ1) is 15.8. The van der Waals surface area contributed by atoms with Gasteiger partial charge in [0.05, 0.1) is 19.8 Å². The van der Waals surface area contributed by atoms with E-state index in [1.807, 2.05) is 31.2 Å². The zero-order chi connectivity index (χ0) is 15.2. The highest BCUT2D eigenvalue weighted by atomic mass is 16.7. The zero-order valence-electron chi connectivity index (χ0n) is 12.2.